The quantitative estimate of drug-likeness (QED) is 0.596. The number of carbonyl (C=O) groups is 3. The second kappa shape index (κ2) is 5.61. The van der Waals surface area contributed by atoms with Crippen molar-refractivity contribution in [3.05, 3.63) is 28.3 Å². The van der Waals surface area contributed by atoms with Crippen LogP contribution in [0.25, 0.3) is 0 Å². The monoisotopic (exact) mass is 373 g/mol. The minimum absolute atomic E-state index is 0.00906. The summed E-state index contributed by atoms with van der Waals surface area (Å²) in [4.78, 5) is 42.2. The number of hydrogen-bond acceptors (Lipinski definition) is 5. The van der Waals surface area contributed by atoms with Gasteiger partial charge in [-0.2, -0.15) is 10.2 Å². The van der Waals surface area contributed by atoms with Crippen molar-refractivity contribution in [1.29, 1.82) is 5.26 Å². The first kappa shape index (κ1) is 17.2. The molecule has 1 aromatic carbocycles. The van der Waals surface area contributed by atoms with Crippen molar-refractivity contribution in [1.82, 2.24) is 4.90 Å². The van der Waals surface area contributed by atoms with E-state index in [4.69, 9.17) is 16.9 Å². The number of imide groups is 1. The van der Waals surface area contributed by atoms with Crippen LogP contribution < -0.4 is 4.90 Å². The number of halogens is 1. The summed E-state index contributed by atoms with van der Waals surface area (Å²) in [6, 6.07) is 3.69. The highest BCUT2D eigenvalue weighted by Crippen LogP contribution is 2.45. The van der Waals surface area contributed by atoms with Gasteiger partial charge in [-0.25, -0.2) is 14.2 Å². The lowest BCUT2D eigenvalue weighted by molar-refractivity contribution is -0.852. The third-order valence-corrected chi connectivity index (χ3v) is 6.39. The zero-order valence-electron chi connectivity index (χ0n) is 14.5. The Morgan fingerprint density at radius 3 is 2.77 bits per heavy atom. The molecule has 7 nitrogen and oxygen atoms in total. The van der Waals surface area contributed by atoms with Gasteiger partial charge in [0, 0.05) is 6.42 Å². The molecule has 26 heavy (non-hydrogen) atoms. The molecular formula is C18H18ClN4O3+. The summed E-state index contributed by atoms with van der Waals surface area (Å²) in [5.74, 6) is -0.287. The van der Waals surface area contributed by atoms with Crippen molar-refractivity contribution in [2.75, 3.05) is 24.7 Å². The number of piperazine rings is 1. The third kappa shape index (κ3) is 1.92. The van der Waals surface area contributed by atoms with Gasteiger partial charge in [0.25, 0.3) is 5.91 Å². The number of ketones is 1. The maximum atomic E-state index is 13.4. The van der Waals surface area contributed by atoms with Gasteiger partial charge in [-0.1, -0.05) is 18.5 Å². The molecule has 4 atom stereocenters. The maximum absolute atomic E-state index is 13.4. The van der Waals surface area contributed by atoms with Crippen molar-refractivity contribution in [2.24, 2.45) is 0 Å². The normalized spacial score (nSPS) is 32.1. The number of carbonyl (C=O) groups excluding carboxylic acids is 3. The van der Waals surface area contributed by atoms with E-state index in [2.05, 4.69) is 0 Å². The molecule has 2 bridgehead atoms. The van der Waals surface area contributed by atoms with Crippen molar-refractivity contribution in [2.45, 2.75) is 32.4 Å². The van der Waals surface area contributed by atoms with Crippen LogP contribution in [0.5, 0.6) is 0 Å². The van der Waals surface area contributed by atoms with E-state index in [1.807, 2.05) is 11.0 Å². The largest absolute Gasteiger partial charge is 0.433 e. The molecule has 3 aliphatic heterocycles. The molecule has 8 heteroatoms. The average Bonchev–Trinajstić information content (AvgIpc) is 3.26. The number of urea groups is 1. The van der Waals surface area contributed by atoms with E-state index in [0.717, 1.165) is 0 Å². The number of benzene rings is 1. The van der Waals surface area contributed by atoms with Crippen molar-refractivity contribution < 1.29 is 18.9 Å². The van der Waals surface area contributed by atoms with E-state index < -0.39 is 12.1 Å². The zero-order chi connectivity index (χ0) is 18.8. The first-order chi connectivity index (χ1) is 12.4. The second-order valence-electron chi connectivity index (χ2n) is 7.10. The zero-order valence-corrected chi connectivity index (χ0v) is 15.3. The Morgan fingerprint density at radius 2 is 2.12 bits per heavy atom. The topological polar surface area (TPSA) is 81.5 Å². The van der Waals surface area contributed by atoms with Crippen LogP contribution in [0.15, 0.2) is 12.1 Å². The van der Waals surface area contributed by atoms with Gasteiger partial charge in [0.2, 0.25) is 0 Å². The number of nitriles is 1. The van der Waals surface area contributed by atoms with E-state index in [0.29, 0.717) is 43.0 Å². The van der Waals surface area contributed by atoms with Gasteiger partial charge >= 0.3 is 6.03 Å². The Balaban J connectivity index is 1.82. The number of anilines is 1. The van der Waals surface area contributed by atoms with Gasteiger partial charge in [0.1, 0.15) is 12.7 Å². The molecule has 0 N–H and O–H groups in total. The summed E-state index contributed by atoms with van der Waals surface area (Å²) >= 11 is 6.23. The number of amides is 3. The summed E-state index contributed by atoms with van der Waals surface area (Å²) in [5.41, 5.74) is 1.21. The molecule has 1 aromatic rings. The van der Waals surface area contributed by atoms with Crippen LogP contribution in [0, 0.1) is 18.3 Å². The Bertz CT molecular complexity index is 908. The Morgan fingerprint density at radius 1 is 1.38 bits per heavy atom. The van der Waals surface area contributed by atoms with E-state index in [1.165, 1.54) is 11.0 Å². The van der Waals surface area contributed by atoms with Crippen LogP contribution in [0.4, 0.5) is 10.5 Å². The van der Waals surface area contributed by atoms with E-state index in [1.54, 1.807) is 19.9 Å². The van der Waals surface area contributed by atoms with Gasteiger partial charge in [0.15, 0.2) is 17.9 Å². The molecule has 0 aromatic heterocycles. The third-order valence-electron chi connectivity index (χ3n) is 5.90. The SMILES string of the molecule is CCC(=O)C1CN2CC3C(=O)N(c4ccc(C#N)c(Cl)c4C)C(=O)[N+]13C2. The minimum Gasteiger partial charge on any atom is -0.293 e. The molecule has 0 radical (unpaired) electrons. The molecule has 3 fully saturated rings. The van der Waals surface area contributed by atoms with Crippen molar-refractivity contribution >= 4 is 35.0 Å². The fourth-order valence-corrected chi connectivity index (χ4v) is 4.77. The van der Waals surface area contributed by atoms with Gasteiger partial charge in [0.05, 0.1) is 29.4 Å². The molecule has 0 saturated carbocycles. The molecule has 0 aliphatic carbocycles. The van der Waals surface area contributed by atoms with Crippen molar-refractivity contribution in [3.8, 4) is 6.07 Å². The smallest absolute Gasteiger partial charge is 0.293 e. The number of quaternary nitrogens is 1. The standard InChI is InChI=1S/C18H18ClN4O3/c1-3-15(24)13-7-21-8-14-17(25)22(18(26)23(13,14)9-21)12-5-4-11(6-20)16(19)10(12)2/h4-5,13-14H,3,7-9H2,1-2H3/q+1. The fraction of sp³-hybridized carbons (Fsp3) is 0.444. The van der Waals surface area contributed by atoms with Gasteiger partial charge in [-0.3, -0.25) is 9.59 Å². The van der Waals surface area contributed by atoms with Crippen LogP contribution in [0.2, 0.25) is 5.02 Å². The first-order valence-electron chi connectivity index (χ1n) is 8.57. The second-order valence-corrected chi connectivity index (χ2v) is 7.48. The summed E-state index contributed by atoms with van der Waals surface area (Å²) in [6.45, 7) is 4.86. The summed E-state index contributed by atoms with van der Waals surface area (Å²) in [5, 5.41) is 9.35. The van der Waals surface area contributed by atoms with Crippen LogP contribution in [-0.4, -0.2) is 58.9 Å². The lowest BCUT2D eigenvalue weighted by Gasteiger charge is -2.32. The molecular weight excluding hydrogens is 356 g/mol. The Hall–Kier alpha value is -2.27. The Labute approximate surface area is 155 Å². The van der Waals surface area contributed by atoms with Crippen LogP contribution in [0.1, 0.15) is 24.5 Å². The predicted octanol–water partition coefficient (Wildman–Crippen LogP) is 1.81. The molecule has 3 heterocycles. The maximum Gasteiger partial charge on any atom is 0.433 e. The molecule has 1 spiro atoms. The number of Topliss-reactive ketones (excluding diaryl/α,β-unsaturated/α-hetero) is 1. The number of rotatable bonds is 3. The molecule has 3 saturated heterocycles. The number of nitrogens with zero attached hydrogens (tertiary/aromatic N) is 4. The van der Waals surface area contributed by atoms with E-state index in [9.17, 15) is 14.4 Å². The first-order valence-corrected chi connectivity index (χ1v) is 8.94. The average molecular weight is 374 g/mol. The molecule has 134 valence electrons. The predicted molar refractivity (Wildman–Crippen MR) is 93.4 cm³/mol. The van der Waals surface area contributed by atoms with Crippen LogP contribution in [-0.2, 0) is 9.59 Å². The number of fused-ring (bicyclic) bond motifs is 1. The minimum atomic E-state index is -0.550. The lowest BCUT2D eigenvalue weighted by Crippen LogP contribution is -2.62. The highest BCUT2D eigenvalue weighted by molar-refractivity contribution is 6.33. The number of hydrogen-bond donors (Lipinski definition) is 0. The lowest BCUT2D eigenvalue weighted by atomic mass is 10.0. The van der Waals surface area contributed by atoms with E-state index in [-0.39, 0.29) is 27.2 Å². The summed E-state index contributed by atoms with van der Waals surface area (Å²) in [7, 11) is 0. The van der Waals surface area contributed by atoms with Crippen molar-refractivity contribution in [3.63, 3.8) is 0 Å². The van der Waals surface area contributed by atoms with Gasteiger partial charge in [-0.05, 0) is 24.6 Å². The highest BCUT2D eigenvalue weighted by atomic mass is 35.5. The molecule has 4 rings (SSSR count). The van der Waals surface area contributed by atoms with Crippen LogP contribution in [0.3, 0.4) is 0 Å². The fourth-order valence-electron chi connectivity index (χ4n) is 4.57. The summed E-state index contributed by atoms with van der Waals surface area (Å²) in [6.07, 6.45) is 0.342. The van der Waals surface area contributed by atoms with Gasteiger partial charge in [-0.15, -0.1) is 0 Å². The van der Waals surface area contributed by atoms with Gasteiger partial charge < -0.3 is 0 Å². The molecule has 3 aliphatic rings. The molecule has 4 unspecified atom stereocenters. The van der Waals surface area contributed by atoms with E-state index >= 15 is 0 Å². The van der Waals surface area contributed by atoms with Crippen LogP contribution >= 0.6 is 11.6 Å². The highest BCUT2D eigenvalue weighted by Gasteiger charge is 2.73. The molecule has 3 amide bonds. The summed E-state index contributed by atoms with van der Waals surface area (Å²) < 4.78 is -0.122. The Kier molecular flexibility index (Phi) is 3.70.